The van der Waals surface area contributed by atoms with Crippen molar-refractivity contribution in [2.75, 3.05) is 14.2 Å². The van der Waals surface area contributed by atoms with Gasteiger partial charge in [0.2, 0.25) is 0 Å². The maximum Gasteiger partial charge on any atom is 0.339 e. The van der Waals surface area contributed by atoms with Gasteiger partial charge >= 0.3 is 11.9 Å². The number of aliphatic hydroxyl groups is 2. The lowest BCUT2D eigenvalue weighted by molar-refractivity contribution is -0.174. The molecule has 2 fully saturated rings. The summed E-state index contributed by atoms with van der Waals surface area (Å²) in [5.41, 5.74) is -3.25. The molecule has 0 aromatic heterocycles. The third kappa shape index (κ3) is 1.18. The molecule has 4 aliphatic carbocycles. The Kier molecular flexibility index (Phi) is 2.54. The van der Waals surface area contributed by atoms with Crippen LogP contribution in [0.25, 0.3) is 0 Å². The summed E-state index contributed by atoms with van der Waals surface area (Å²) in [6.45, 7) is 0. The Hall–Kier alpha value is -1.66. The van der Waals surface area contributed by atoms with Crippen LogP contribution in [-0.2, 0) is 19.1 Å². The highest BCUT2D eigenvalue weighted by atomic mass is 16.5. The highest BCUT2D eigenvalue weighted by molar-refractivity contribution is 5.85. The van der Waals surface area contributed by atoms with Crippen molar-refractivity contribution in [3.05, 3.63) is 24.3 Å². The second kappa shape index (κ2) is 4.00. The van der Waals surface area contributed by atoms with E-state index in [-0.39, 0.29) is 11.8 Å². The molecule has 0 unspecified atom stereocenters. The van der Waals surface area contributed by atoms with Gasteiger partial charge in [-0.3, -0.25) is 0 Å². The molecule has 4 rings (SSSR count). The first-order valence-electron chi connectivity index (χ1n) is 7.40. The van der Waals surface area contributed by atoms with Gasteiger partial charge in [0.15, 0.2) is 11.2 Å². The maximum atomic E-state index is 12.2. The summed E-state index contributed by atoms with van der Waals surface area (Å²) in [7, 11) is 2.51. The highest BCUT2D eigenvalue weighted by Gasteiger charge is 2.77. The van der Waals surface area contributed by atoms with Gasteiger partial charge in [0, 0.05) is 23.7 Å². The third-order valence-corrected chi connectivity index (χ3v) is 6.21. The second-order valence-corrected chi connectivity index (χ2v) is 6.66. The lowest BCUT2D eigenvalue weighted by Crippen LogP contribution is -2.52. The quantitative estimate of drug-likeness (QED) is 0.535. The zero-order valence-corrected chi connectivity index (χ0v) is 12.3. The van der Waals surface area contributed by atoms with Crippen LogP contribution in [-0.4, -0.2) is 47.6 Å². The average Bonchev–Trinajstić information content (AvgIpc) is 3.22. The molecule has 4 atom stereocenters. The van der Waals surface area contributed by atoms with Crippen molar-refractivity contribution in [1.29, 1.82) is 0 Å². The van der Waals surface area contributed by atoms with Gasteiger partial charge in [0.25, 0.3) is 0 Å². The van der Waals surface area contributed by atoms with Crippen molar-refractivity contribution >= 4 is 11.9 Å². The normalized spacial score (nSPS) is 52.9. The smallest absolute Gasteiger partial charge is 0.339 e. The zero-order valence-electron chi connectivity index (χ0n) is 12.3. The van der Waals surface area contributed by atoms with Gasteiger partial charge in [-0.25, -0.2) is 9.59 Å². The van der Waals surface area contributed by atoms with Crippen LogP contribution in [0.1, 0.15) is 0 Å². The van der Waals surface area contributed by atoms with E-state index in [2.05, 4.69) is 0 Å². The minimum absolute atomic E-state index is 0.168. The number of hydrogen-bond acceptors (Lipinski definition) is 6. The second-order valence-electron chi connectivity index (χ2n) is 6.66. The molecule has 0 aromatic carbocycles. The number of methoxy groups -OCH3 is 2. The van der Waals surface area contributed by atoms with Crippen LogP contribution in [0, 0.1) is 35.5 Å². The molecule has 0 aromatic rings. The summed E-state index contributed by atoms with van der Waals surface area (Å²) in [5, 5.41) is 22.1. The molecule has 2 saturated carbocycles. The van der Waals surface area contributed by atoms with Gasteiger partial charge in [0.05, 0.1) is 14.2 Å². The van der Waals surface area contributed by atoms with Gasteiger partial charge in [-0.15, -0.1) is 0 Å². The van der Waals surface area contributed by atoms with Crippen LogP contribution in [0.5, 0.6) is 0 Å². The van der Waals surface area contributed by atoms with Crippen LogP contribution in [0.4, 0.5) is 0 Å². The maximum absolute atomic E-state index is 12.2. The van der Waals surface area contributed by atoms with Crippen molar-refractivity contribution < 1.29 is 29.3 Å². The molecule has 0 radical (unpaired) electrons. The first-order chi connectivity index (χ1) is 10.4. The van der Waals surface area contributed by atoms with E-state index in [4.69, 9.17) is 9.47 Å². The Balaban J connectivity index is 1.84. The van der Waals surface area contributed by atoms with Gasteiger partial charge in [-0.05, 0) is 11.8 Å². The minimum atomic E-state index is -1.63. The van der Waals surface area contributed by atoms with Crippen LogP contribution in [0.3, 0.4) is 0 Å². The largest absolute Gasteiger partial charge is 0.467 e. The number of rotatable bonds is 2. The standard InChI is InChI=1S/C16H18O6/c1-21-13(17)15(19)7-3-5-9-11(7)12-8(15)4-6-10(12)16(9,20)14(18)22-2/h3-12,19-20H,1-2H3/t7-,8-,9-,10-,11?,12?,15?,16?/m1/s1. The molecular weight excluding hydrogens is 288 g/mol. The summed E-state index contributed by atoms with van der Waals surface area (Å²) in [6, 6.07) is 0. The van der Waals surface area contributed by atoms with E-state index in [9.17, 15) is 19.8 Å². The van der Waals surface area contributed by atoms with Crippen LogP contribution in [0.2, 0.25) is 0 Å². The van der Waals surface area contributed by atoms with E-state index >= 15 is 0 Å². The third-order valence-electron chi connectivity index (χ3n) is 6.21. The molecule has 0 amide bonds. The first-order valence-corrected chi connectivity index (χ1v) is 7.40. The van der Waals surface area contributed by atoms with E-state index in [0.717, 1.165) is 0 Å². The Morgan fingerprint density at radius 2 is 1.05 bits per heavy atom. The molecule has 2 N–H and O–H groups in total. The minimum Gasteiger partial charge on any atom is -0.467 e. The van der Waals surface area contributed by atoms with Gasteiger partial charge in [-0.1, -0.05) is 24.3 Å². The lowest BCUT2D eigenvalue weighted by Gasteiger charge is -2.33. The Morgan fingerprint density at radius 3 is 1.27 bits per heavy atom. The van der Waals surface area contributed by atoms with E-state index in [1.165, 1.54) is 14.2 Å². The van der Waals surface area contributed by atoms with Crippen molar-refractivity contribution in [1.82, 2.24) is 0 Å². The van der Waals surface area contributed by atoms with E-state index < -0.39 is 46.8 Å². The Labute approximate surface area is 127 Å². The summed E-state index contributed by atoms with van der Waals surface area (Å²) in [4.78, 5) is 24.4. The molecule has 0 aliphatic heterocycles. The first kappa shape index (κ1) is 14.0. The molecule has 6 heteroatoms. The van der Waals surface area contributed by atoms with Crippen LogP contribution in [0.15, 0.2) is 24.3 Å². The number of esters is 2. The Bertz CT molecular complexity index is 538. The fraction of sp³-hybridized carbons (Fsp3) is 0.625. The van der Waals surface area contributed by atoms with E-state index in [0.29, 0.717) is 0 Å². The lowest BCUT2D eigenvalue weighted by atomic mass is 9.78. The van der Waals surface area contributed by atoms with Crippen molar-refractivity contribution in [3.63, 3.8) is 0 Å². The number of ether oxygens (including phenoxy) is 2. The fourth-order valence-electron chi connectivity index (χ4n) is 5.47. The molecule has 0 heterocycles. The van der Waals surface area contributed by atoms with Crippen LogP contribution < -0.4 is 0 Å². The predicted octanol–water partition coefficient (Wildman–Crippen LogP) is -0.341. The molecule has 6 nitrogen and oxygen atoms in total. The van der Waals surface area contributed by atoms with Gasteiger partial charge < -0.3 is 19.7 Å². The number of carbonyl (C=O) groups excluding carboxylic acids is 2. The van der Waals surface area contributed by atoms with Gasteiger partial charge in [0.1, 0.15) is 0 Å². The molecular formula is C16H18O6. The molecule has 4 aliphatic rings. The molecule has 0 spiro atoms. The van der Waals surface area contributed by atoms with Crippen molar-refractivity contribution in [2.24, 2.45) is 35.5 Å². The zero-order chi connectivity index (χ0) is 15.9. The van der Waals surface area contributed by atoms with Crippen molar-refractivity contribution in [2.45, 2.75) is 11.2 Å². The summed E-state index contributed by atoms with van der Waals surface area (Å²) < 4.78 is 9.63. The highest BCUT2D eigenvalue weighted by Crippen LogP contribution is 2.69. The van der Waals surface area contributed by atoms with E-state index in [1.807, 2.05) is 0 Å². The number of carbonyl (C=O) groups is 2. The molecule has 0 saturated heterocycles. The fourth-order valence-corrected chi connectivity index (χ4v) is 5.47. The summed E-state index contributed by atoms with van der Waals surface area (Å²) in [6.07, 6.45) is 6.95. The molecule has 118 valence electrons. The SMILES string of the molecule is COC(=O)C1(O)[C@@H]2C=C[C@@H]3C2C2[C@H]1C=C[C@H]2C3(O)C(=O)OC. The van der Waals surface area contributed by atoms with E-state index in [1.54, 1.807) is 24.3 Å². The topological polar surface area (TPSA) is 93.1 Å². The molecule has 0 bridgehead atoms. The monoisotopic (exact) mass is 306 g/mol. The number of hydrogen-bond donors (Lipinski definition) is 2. The van der Waals surface area contributed by atoms with Gasteiger partial charge in [-0.2, -0.15) is 0 Å². The Morgan fingerprint density at radius 1 is 0.773 bits per heavy atom. The summed E-state index contributed by atoms with van der Waals surface area (Å²) in [5.74, 6) is -3.46. The van der Waals surface area contributed by atoms with Crippen LogP contribution >= 0.6 is 0 Å². The predicted molar refractivity (Wildman–Crippen MR) is 73.2 cm³/mol. The molecule has 22 heavy (non-hydrogen) atoms. The summed E-state index contributed by atoms with van der Waals surface area (Å²) >= 11 is 0. The average molecular weight is 306 g/mol. The van der Waals surface area contributed by atoms with Crippen molar-refractivity contribution in [3.8, 4) is 0 Å².